The summed E-state index contributed by atoms with van der Waals surface area (Å²) in [5, 5.41) is 4.61. The average Bonchev–Trinajstić information content (AvgIpc) is 1.80. The molecule has 0 aromatic heterocycles. The van der Waals surface area contributed by atoms with E-state index >= 15 is 0 Å². The molecule has 0 heterocycles. The fraction of sp³-hybridized carbons (Fsp3) is 1.00. The van der Waals surface area contributed by atoms with Crippen molar-refractivity contribution in [1.29, 1.82) is 0 Å². The first-order valence-corrected chi connectivity index (χ1v) is 5.21. The molecule has 0 rings (SSSR count). The van der Waals surface area contributed by atoms with Gasteiger partial charge in [-0.3, -0.25) is 4.18 Å². The van der Waals surface area contributed by atoms with Crippen LogP contribution < -0.4 is 10.9 Å². The van der Waals surface area contributed by atoms with Crippen LogP contribution in [0.1, 0.15) is 20.3 Å². The normalized spacial score (nSPS) is 15.1. The van der Waals surface area contributed by atoms with E-state index in [9.17, 15) is 8.42 Å². The van der Waals surface area contributed by atoms with E-state index in [0.29, 0.717) is 5.92 Å². The van der Waals surface area contributed by atoms with E-state index in [4.69, 9.17) is 5.73 Å². The van der Waals surface area contributed by atoms with Crippen LogP contribution in [0.25, 0.3) is 0 Å². The van der Waals surface area contributed by atoms with E-state index in [1.807, 2.05) is 13.8 Å². The van der Waals surface area contributed by atoms with Crippen LogP contribution in [0.5, 0.6) is 0 Å². The lowest BCUT2D eigenvalue weighted by Crippen LogP contribution is -2.31. The van der Waals surface area contributed by atoms with Crippen LogP contribution in [0, 0.1) is 5.92 Å². The molecule has 0 aliphatic heterocycles. The van der Waals surface area contributed by atoms with Gasteiger partial charge in [0.2, 0.25) is 0 Å². The highest BCUT2D eigenvalue weighted by Gasteiger charge is 2.09. The minimum absolute atomic E-state index is 0.0446. The van der Waals surface area contributed by atoms with Crippen LogP contribution in [0.4, 0.5) is 0 Å². The molecule has 0 bridgehead atoms. The molecule has 12 heavy (non-hydrogen) atoms. The fourth-order valence-corrected chi connectivity index (χ4v) is 1.22. The first-order chi connectivity index (χ1) is 5.31. The summed E-state index contributed by atoms with van der Waals surface area (Å²) in [6.07, 6.45) is 0.718. The molecule has 0 fully saturated rings. The number of hydrogen-bond acceptors (Lipinski definition) is 4. The topological polar surface area (TPSA) is 95.4 Å². The summed E-state index contributed by atoms with van der Waals surface area (Å²) < 4.78 is 25.0. The van der Waals surface area contributed by atoms with Crippen LogP contribution in [-0.4, -0.2) is 21.1 Å². The van der Waals surface area contributed by atoms with Gasteiger partial charge in [-0.05, 0) is 12.3 Å². The third kappa shape index (κ3) is 7.93. The maximum Gasteiger partial charge on any atom is 0.333 e. The maximum absolute atomic E-state index is 10.3. The molecule has 1 atom stereocenters. The molecule has 74 valence electrons. The summed E-state index contributed by atoms with van der Waals surface area (Å²) >= 11 is 0. The molecule has 5 nitrogen and oxygen atoms in total. The molecule has 0 saturated carbocycles. The van der Waals surface area contributed by atoms with Gasteiger partial charge in [0.05, 0.1) is 6.61 Å². The van der Waals surface area contributed by atoms with Gasteiger partial charge in [-0.25, -0.2) is 5.14 Å². The lowest BCUT2D eigenvalue weighted by Gasteiger charge is -2.12. The van der Waals surface area contributed by atoms with E-state index in [0.717, 1.165) is 6.42 Å². The first kappa shape index (κ1) is 11.8. The van der Waals surface area contributed by atoms with Crippen LogP contribution >= 0.6 is 0 Å². The first-order valence-electron chi connectivity index (χ1n) is 3.74. The van der Waals surface area contributed by atoms with Gasteiger partial charge in [-0.2, -0.15) is 8.42 Å². The zero-order valence-electron chi connectivity index (χ0n) is 7.36. The van der Waals surface area contributed by atoms with Gasteiger partial charge < -0.3 is 5.73 Å². The molecule has 0 unspecified atom stereocenters. The van der Waals surface area contributed by atoms with Crippen molar-refractivity contribution in [1.82, 2.24) is 0 Å². The van der Waals surface area contributed by atoms with Gasteiger partial charge in [-0.1, -0.05) is 13.8 Å². The second-order valence-electron chi connectivity index (χ2n) is 3.17. The van der Waals surface area contributed by atoms with Gasteiger partial charge in [0.1, 0.15) is 0 Å². The molecule has 0 aromatic carbocycles. The fourth-order valence-electron chi connectivity index (χ4n) is 0.856. The quantitative estimate of drug-likeness (QED) is 0.624. The predicted molar refractivity (Wildman–Crippen MR) is 46.5 cm³/mol. The highest BCUT2D eigenvalue weighted by Crippen LogP contribution is 2.03. The van der Waals surface area contributed by atoms with Crippen LogP contribution in [0.15, 0.2) is 0 Å². The Morgan fingerprint density at radius 3 is 2.25 bits per heavy atom. The zero-order chi connectivity index (χ0) is 9.78. The second-order valence-corrected chi connectivity index (χ2v) is 4.39. The van der Waals surface area contributed by atoms with Crippen molar-refractivity contribution in [2.45, 2.75) is 26.3 Å². The molecule has 0 amide bonds. The summed E-state index contributed by atoms with van der Waals surface area (Å²) in [6, 6.07) is -0.275. The molecule has 6 heteroatoms. The Morgan fingerprint density at radius 2 is 1.92 bits per heavy atom. The van der Waals surface area contributed by atoms with E-state index in [2.05, 4.69) is 9.32 Å². The molecule has 0 spiro atoms. The van der Waals surface area contributed by atoms with Crippen LogP contribution in [0.3, 0.4) is 0 Å². The van der Waals surface area contributed by atoms with Crippen molar-refractivity contribution in [3.63, 3.8) is 0 Å². The molecular weight excluding hydrogens is 180 g/mol. The summed E-state index contributed by atoms with van der Waals surface area (Å²) in [5.41, 5.74) is 5.54. The molecule has 0 saturated heterocycles. The Labute approximate surface area is 73.3 Å². The van der Waals surface area contributed by atoms with Crippen molar-refractivity contribution in [3.8, 4) is 0 Å². The predicted octanol–water partition coefficient (Wildman–Crippen LogP) is -0.420. The van der Waals surface area contributed by atoms with Crippen molar-refractivity contribution < 1.29 is 12.6 Å². The number of hydrogen-bond donors (Lipinski definition) is 2. The van der Waals surface area contributed by atoms with Gasteiger partial charge >= 0.3 is 10.3 Å². The summed E-state index contributed by atoms with van der Waals surface area (Å²) in [7, 11) is -3.83. The minimum Gasteiger partial charge on any atom is -0.326 e. The largest absolute Gasteiger partial charge is 0.333 e. The van der Waals surface area contributed by atoms with Crippen LogP contribution in [0.2, 0.25) is 0 Å². The monoisotopic (exact) mass is 196 g/mol. The molecule has 0 aliphatic carbocycles. The van der Waals surface area contributed by atoms with Gasteiger partial charge in [0.25, 0.3) is 0 Å². The lowest BCUT2D eigenvalue weighted by atomic mass is 10.1. The van der Waals surface area contributed by atoms with Gasteiger partial charge in [0.15, 0.2) is 0 Å². The van der Waals surface area contributed by atoms with E-state index in [-0.39, 0.29) is 12.6 Å². The van der Waals surface area contributed by atoms with Crippen molar-refractivity contribution >= 4 is 10.3 Å². The van der Waals surface area contributed by atoms with Gasteiger partial charge in [0, 0.05) is 6.04 Å². The standard InChI is InChI=1S/C6H16N2O3S/c1-5(2)3-6(7)4-11-12(8,9)10/h5-6H,3-4,7H2,1-2H3,(H2,8,9,10)/t6-/m0/s1. The van der Waals surface area contributed by atoms with E-state index in [1.54, 1.807) is 0 Å². The van der Waals surface area contributed by atoms with Crippen molar-refractivity contribution in [3.05, 3.63) is 0 Å². The SMILES string of the molecule is CC(C)C[C@H](N)COS(N)(=O)=O. The number of rotatable bonds is 5. The number of nitrogens with two attached hydrogens (primary N) is 2. The molecule has 0 aromatic rings. The highest BCUT2D eigenvalue weighted by atomic mass is 32.2. The summed E-state index contributed by atoms with van der Waals surface area (Å²) in [5.74, 6) is 0.420. The molecule has 0 aliphatic rings. The molecule has 4 N–H and O–H groups in total. The van der Waals surface area contributed by atoms with Gasteiger partial charge in [-0.15, -0.1) is 0 Å². The van der Waals surface area contributed by atoms with E-state index in [1.165, 1.54) is 0 Å². The molecule has 0 radical (unpaired) electrons. The Bertz CT molecular complexity index is 213. The maximum atomic E-state index is 10.3. The Morgan fingerprint density at radius 1 is 1.42 bits per heavy atom. The summed E-state index contributed by atoms with van der Waals surface area (Å²) in [4.78, 5) is 0. The Hall–Kier alpha value is -0.170. The smallest absolute Gasteiger partial charge is 0.326 e. The highest BCUT2D eigenvalue weighted by molar-refractivity contribution is 7.84. The van der Waals surface area contributed by atoms with Crippen LogP contribution in [-0.2, 0) is 14.5 Å². The third-order valence-corrected chi connectivity index (χ3v) is 1.69. The summed E-state index contributed by atoms with van der Waals surface area (Å²) in [6.45, 7) is 3.95. The van der Waals surface area contributed by atoms with Crippen molar-refractivity contribution in [2.24, 2.45) is 16.8 Å². The zero-order valence-corrected chi connectivity index (χ0v) is 8.17. The Kier molecular flexibility index (Phi) is 4.69. The lowest BCUT2D eigenvalue weighted by molar-refractivity contribution is 0.275. The molecular formula is C6H16N2O3S. The van der Waals surface area contributed by atoms with Crippen molar-refractivity contribution in [2.75, 3.05) is 6.61 Å². The average molecular weight is 196 g/mol. The minimum atomic E-state index is -3.83. The third-order valence-electron chi connectivity index (χ3n) is 1.22. The van der Waals surface area contributed by atoms with E-state index < -0.39 is 10.3 Å². The second kappa shape index (κ2) is 4.76. The Balaban J connectivity index is 3.65.